The Morgan fingerprint density at radius 3 is 2.50 bits per heavy atom. The normalized spacial score (nSPS) is 11.6. The van der Waals surface area contributed by atoms with Crippen molar-refractivity contribution in [3.8, 4) is 5.75 Å². The van der Waals surface area contributed by atoms with Gasteiger partial charge in [-0.15, -0.1) is 11.3 Å². The Hall–Kier alpha value is -3.55. The lowest BCUT2D eigenvalue weighted by molar-refractivity contribution is 0.0374. The van der Waals surface area contributed by atoms with Gasteiger partial charge in [0.1, 0.15) is 5.75 Å². The van der Waals surface area contributed by atoms with Crippen LogP contribution in [0.5, 0.6) is 5.75 Å². The summed E-state index contributed by atoms with van der Waals surface area (Å²) in [6.07, 6.45) is 0.895. The number of thiophene rings is 1. The lowest BCUT2D eigenvalue weighted by Gasteiger charge is -2.19. The van der Waals surface area contributed by atoms with Gasteiger partial charge < -0.3 is 15.7 Å². The van der Waals surface area contributed by atoms with Crippen molar-refractivity contribution in [2.24, 2.45) is 0 Å². The monoisotopic (exact) mass is 506 g/mol. The molecule has 0 fully saturated rings. The summed E-state index contributed by atoms with van der Waals surface area (Å²) in [5.41, 5.74) is 1.67. The van der Waals surface area contributed by atoms with Crippen LogP contribution in [0.15, 0.2) is 78.9 Å². The third-order valence-corrected chi connectivity index (χ3v) is 7.14. The number of likely N-dealkylation sites (N-methyl/N-ethyl adjacent to an activating group) is 1. The van der Waals surface area contributed by atoms with Crippen LogP contribution >= 0.6 is 11.3 Å². The Balaban J connectivity index is 1.76. The molecule has 3 N–H and O–H groups in total. The van der Waals surface area contributed by atoms with E-state index in [9.17, 15) is 18.7 Å². The van der Waals surface area contributed by atoms with Gasteiger partial charge in [0.15, 0.2) is 0 Å². The number of hydrogen-bond acceptors (Lipinski definition) is 5. The molecule has 4 rings (SSSR count). The first kappa shape index (κ1) is 25.5. The predicted molar refractivity (Wildman–Crippen MR) is 144 cm³/mol. The molecule has 0 unspecified atom stereocenters. The van der Waals surface area contributed by atoms with Crippen LogP contribution in [-0.4, -0.2) is 24.0 Å². The minimum absolute atomic E-state index is 0.0635. The zero-order valence-corrected chi connectivity index (χ0v) is 21.0. The number of rotatable bonds is 10. The van der Waals surface area contributed by atoms with Crippen molar-refractivity contribution in [3.63, 3.8) is 0 Å². The van der Waals surface area contributed by atoms with Gasteiger partial charge in [-0.25, -0.2) is 0 Å². The van der Waals surface area contributed by atoms with Crippen molar-refractivity contribution in [1.29, 1.82) is 0 Å². The molecule has 4 aromatic rings. The van der Waals surface area contributed by atoms with Gasteiger partial charge in [-0.2, -0.15) is 8.78 Å². The van der Waals surface area contributed by atoms with Crippen LogP contribution < -0.4 is 10.6 Å². The molecule has 0 aliphatic heterocycles. The molecule has 3 aromatic carbocycles. The number of carbonyl (C=O) groups is 1. The van der Waals surface area contributed by atoms with Crippen LogP contribution in [0.3, 0.4) is 0 Å². The largest absolute Gasteiger partial charge is 0.508 e. The number of carbonyl (C=O) groups excluding carboxylic acids is 1. The molecule has 0 saturated heterocycles. The van der Waals surface area contributed by atoms with E-state index < -0.39 is 11.7 Å². The van der Waals surface area contributed by atoms with Crippen molar-refractivity contribution in [2.45, 2.75) is 26.2 Å². The van der Waals surface area contributed by atoms with E-state index in [1.54, 1.807) is 24.3 Å². The van der Waals surface area contributed by atoms with E-state index in [4.69, 9.17) is 0 Å². The van der Waals surface area contributed by atoms with Gasteiger partial charge in [0.05, 0.1) is 10.6 Å². The fraction of sp³-hybridized carbons (Fsp3) is 0.207. The smallest absolute Gasteiger partial charge is 0.294 e. The molecule has 0 radical (unpaired) electrons. The summed E-state index contributed by atoms with van der Waals surface area (Å²) in [5, 5.41) is 17.3. The van der Waals surface area contributed by atoms with Crippen LogP contribution in [0.1, 0.15) is 40.2 Å². The van der Waals surface area contributed by atoms with E-state index in [1.807, 2.05) is 24.3 Å². The summed E-state index contributed by atoms with van der Waals surface area (Å²) in [6.45, 7) is 8.53. The third kappa shape index (κ3) is 5.17. The summed E-state index contributed by atoms with van der Waals surface area (Å²) in [7, 11) is 0. The molecule has 0 saturated carbocycles. The highest BCUT2D eigenvalue weighted by Crippen LogP contribution is 2.43. The first-order valence-electron chi connectivity index (χ1n) is 11.7. The Kier molecular flexibility index (Phi) is 7.52. The summed E-state index contributed by atoms with van der Waals surface area (Å²) in [5.74, 6) is -3.80. The fourth-order valence-electron chi connectivity index (χ4n) is 3.98. The van der Waals surface area contributed by atoms with Crippen LogP contribution in [0.4, 0.5) is 20.2 Å². The van der Waals surface area contributed by atoms with E-state index >= 15 is 0 Å². The highest BCUT2D eigenvalue weighted by atomic mass is 32.1. The van der Waals surface area contributed by atoms with Gasteiger partial charge in [-0.05, 0) is 67.9 Å². The highest BCUT2D eigenvalue weighted by molar-refractivity contribution is 7.21. The summed E-state index contributed by atoms with van der Waals surface area (Å²) < 4.78 is 30.6. The minimum atomic E-state index is -3.35. The standard InChI is InChI=1S/C29H28F2N2O2S/c1-4-32-16-15-19-9-11-20(12-10-19)33-26-23-14-13-21(34)17-25(23)36-28(26)27(35)22-7-5-6-8-24(22)29(30,31)18(2)3/h5-14,17,32-34H,2,4,15-16H2,1,3H3. The zero-order chi connectivity index (χ0) is 25.9. The first-order chi connectivity index (χ1) is 17.2. The molecule has 0 amide bonds. The second-order valence-electron chi connectivity index (χ2n) is 8.64. The van der Waals surface area contributed by atoms with Gasteiger partial charge in [0.2, 0.25) is 5.78 Å². The Morgan fingerprint density at radius 1 is 1.08 bits per heavy atom. The molecule has 0 atom stereocenters. The molecular weight excluding hydrogens is 478 g/mol. The molecule has 0 spiro atoms. The van der Waals surface area contributed by atoms with Crippen molar-refractivity contribution >= 4 is 38.6 Å². The van der Waals surface area contributed by atoms with Crippen LogP contribution in [0, 0.1) is 0 Å². The number of halogens is 2. The second-order valence-corrected chi connectivity index (χ2v) is 9.69. The number of anilines is 2. The Morgan fingerprint density at radius 2 is 1.81 bits per heavy atom. The molecule has 4 nitrogen and oxygen atoms in total. The van der Waals surface area contributed by atoms with E-state index in [0.29, 0.717) is 10.4 Å². The predicted octanol–water partition coefficient (Wildman–Crippen LogP) is 7.40. The lowest BCUT2D eigenvalue weighted by atomic mass is 9.94. The zero-order valence-electron chi connectivity index (χ0n) is 20.2. The van der Waals surface area contributed by atoms with Gasteiger partial charge in [-0.3, -0.25) is 4.79 Å². The quantitative estimate of drug-likeness (QED) is 0.119. The number of fused-ring (bicyclic) bond motifs is 1. The molecule has 186 valence electrons. The average Bonchev–Trinajstić information content (AvgIpc) is 3.21. The number of alkyl halides is 2. The maximum absolute atomic E-state index is 15.0. The van der Waals surface area contributed by atoms with E-state index in [2.05, 4.69) is 24.1 Å². The molecule has 7 heteroatoms. The summed E-state index contributed by atoms with van der Waals surface area (Å²) in [4.78, 5) is 14.0. The van der Waals surface area contributed by atoms with Gasteiger partial charge in [0.25, 0.3) is 5.92 Å². The average molecular weight is 507 g/mol. The number of benzene rings is 3. The van der Waals surface area contributed by atoms with Crippen molar-refractivity contribution in [1.82, 2.24) is 5.32 Å². The summed E-state index contributed by atoms with van der Waals surface area (Å²) >= 11 is 1.16. The molecule has 1 heterocycles. The highest BCUT2D eigenvalue weighted by Gasteiger charge is 2.37. The Labute approximate surface area is 213 Å². The van der Waals surface area contributed by atoms with Crippen LogP contribution in [0.25, 0.3) is 10.1 Å². The maximum Gasteiger partial charge on any atom is 0.294 e. The Bertz CT molecular complexity index is 1410. The van der Waals surface area contributed by atoms with Crippen molar-refractivity contribution in [2.75, 3.05) is 18.4 Å². The fourth-order valence-corrected chi connectivity index (χ4v) is 5.13. The topological polar surface area (TPSA) is 61.4 Å². The summed E-state index contributed by atoms with van der Waals surface area (Å²) in [6, 6.07) is 18.5. The number of hydrogen-bond donors (Lipinski definition) is 3. The number of ketones is 1. The molecule has 0 aliphatic rings. The SMILES string of the molecule is C=C(C)C(F)(F)c1ccccc1C(=O)c1sc2cc(O)ccc2c1Nc1ccc(CCNCC)cc1. The molecule has 0 bridgehead atoms. The third-order valence-electron chi connectivity index (χ3n) is 5.99. The van der Waals surface area contributed by atoms with E-state index in [0.717, 1.165) is 41.9 Å². The molecule has 1 aromatic heterocycles. The second kappa shape index (κ2) is 10.6. The van der Waals surface area contributed by atoms with Crippen molar-refractivity contribution < 1.29 is 18.7 Å². The molecule has 0 aliphatic carbocycles. The molecular formula is C29H28F2N2O2S. The van der Waals surface area contributed by atoms with E-state index in [1.165, 1.54) is 30.7 Å². The number of allylic oxidation sites excluding steroid dienone is 1. The number of phenols is 1. The lowest BCUT2D eigenvalue weighted by Crippen LogP contribution is -2.19. The van der Waals surface area contributed by atoms with Crippen molar-refractivity contribution in [3.05, 3.63) is 100 Å². The van der Waals surface area contributed by atoms with E-state index in [-0.39, 0.29) is 27.3 Å². The van der Waals surface area contributed by atoms with Gasteiger partial charge in [0, 0.05) is 26.9 Å². The minimum Gasteiger partial charge on any atom is -0.508 e. The number of nitrogens with one attached hydrogen (secondary N) is 2. The van der Waals surface area contributed by atoms with Gasteiger partial charge in [-0.1, -0.05) is 49.9 Å². The first-order valence-corrected chi connectivity index (χ1v) is 12.5. The maximum atomic E-state index is 15.0. The number of aromatic hydroxyl groups is 1. The van der Waals surface area contributed by atoms with Crippen LogP contribution in [-0.2, 0) is 12.3 Å². The molecule has 36 heavy (non-hydrogen) atoms. The van der Waals surface area contributed by atoms with Crippen LogP contribution in [0.2, 0.25) is 0 Å². The van der Waals surface area contributed by atoms with Gasteiger partial charge >= 0.3 is 0 Å². The number of phenolic OH excluding ortho intramolecular Hbond substituents is 1.